The molecule has 4 aromatic rings. The quantitative estimate of drug-likeness (QED) is 0.346. The minimum absolute atomic E-state index is 0.0424. The average molecular weight is 520 g/mol. The summed E-state index contributed by atoms with van der Waals surface area (Å²) in [6.07, 6.45) is 3.28. The number of carbonyl (C=O) groups excluding carboxylic acids is 1. The Bertz CT molecular complexity index is 1480. The summed E-state index contributed by atoms with van der Waals surface area (Å²) >= 11 is 6.02. The van der Waals surface area contributed by atoms with Crippen LogP contribution in [0.1, 0.15) is 12.5 Å². The number of benzene rings is 2. The van der Waals surface area contributed by atoms with Crippen LogP contribution in [-0.4, -0.2) is 27.1 Å². The van der Waals surface area contributed by atoms with Crippen molar-refractivity contribution >= 4 is 29.0 Å². The molecule has 37 heavy (non-hydrogen) atoms. The number of hydrogen-bond acceptors (Lipinski definition) is 6. The third kappa shape index (κ3) is 6.45. The third-order valence-electron chi connectivity index (χ3n) is 5.70. The molecule has 0 aliphatic rings. The van der Waals surface area contributed by atoms with Crippen LogP contribution >= 0.6 is 11.6 Å². The maximum atomic E-state index is 13.5. The zero-order valence-electron chi connectivity index (χ0n) is 20.3. The number of rotatable bonds is 9. The topological polar surface area (TPSA) is 107 Å². The van der Waals surface area contributed by atoms with Crippen molar-refractivity contribution in [3.63, 3.8) is 0 Å². The number of anilines is 2. The lowest BCUT2D eigenvalue weighted by atomic mass is 10.1. The first-order valence-electron chi connectivity index (χ1n) is 11.6. The highest BCUT2D eigenvalue weighted by Crippen LogP contribution is 2.24. The highest BCUT2D eigenvalue weighted by molar-refractivity contribution is 6.30. The fourth-order valence-corrected chi connectivity index (χ4v) is 3.84. The lowest BCUT2D eigenvalue weighted by Crippen LogP contribution is -2.43. The number of nitrogens with one attached hydrogen (secondary N) is 2. The van der Waals surface area contributed by atoms with Crippen molar-refractivity contribution < 1.29 is 9.53 Å². The summed E-state index contributed by atoms with van der Waals surface area (Å²) in [5.41, 5.74) is 0.439. The van der Waals surface area contributed by atoms with Gasteiger partial charge in [-0.05, 0) is 54.1 Å². The van der Waals surface area contributed by atoms with E-state index in [1.54, 1.807) is 67.8 Å². The SMILES string of the molecule is CNC(=O)[C@@H](C)Cn1c(=O)cc(Nc2ccc(Oc3ccncc3)cc2)n(Cc2ccc(Cl)cc2)c1=O. The van der Waals surface area contributed by atoms with E-state index in [4.69, 9.17) is 16.3 Å². The molecule has 4 rings (SSSR count). The Morgan fingerprint density at radius 2 is 1.62 bits per heavy atom. The molecule has 0 saturated carbocycles. The molecule has 10 heteroatoms. The average Bonchev–Trinajstić information content (AvgIpc) is 2.91. The van der Waals surface area contributed by atoms with Crippen molar-refractivity contribution in [2.24, 2.45) is 5.92 Å². The van der Waals surface area contributed by atoms with Crippen LogP contribution < -0.4 is 26.6 Å². The number of ether oxygens (including phenoxy) is 1. The Kier molecular flexibility index (Phi) is 8.05. The van der Waals surface area contributed by atoms with Gasteiger partial charge in [-0.25, -0.2) is 4.79 Å². The molecule has 2 aromatic carbocycles. The maximum Gasteiger partial charge on any atom is 0.332 e. The van der Waals surface area contributed by atoms with E-state index < -0.39 is 17.2 Å². The van der Waals surface area contributed by atoms with Crippen LogP contribution in [0, 0.1) is 5.92 Å². The molecule has 2 aromatic heterocycles. The monoisotopic (exact) mass is 519 g/mol. The van der Waals surface area contributed by atoms with Crippen molar-refractivity contribution in [3.05, 3.63) is 111 Å². The van der Waals surface area contributed by atoms with E-state index in [9.17, 15) is 14.4 Å². The van der Waals surface area contributed by atoms with Crippen LogP contribution in [0.4, 0.5) is 11.5 Å². The van der Waals surface area contributed by atoms with Gasteiger partial charge in [0.05, 0.1) is 12.5 Å². The van der Waals surface area contributed by atoms with Crippen LogP contribution in [0.15, 0.2) is 88.7 Å². The zero-order valence-corrected chi connectivity index (χ0v) is 21.1. The van der Waals surface area contributed by atoms with Gasteiger partial charge >= 0.3 is 5.69 Å². The minimum atomic E-state index is -0.564. The van der Waals surface area contributed by atoms with Crippen molar-refractivity contribution in [3.8, 4) is 11.5 Å². The molecule has 0 fully saturated rings. The summed E-state index contributed by atoms with van der Waals surface area (Å²) in [5, 5.41) is 6.29. The van der Waals surface area contributed by atoms with Crippen molar-refractivity contribution in [1.29, 1.82) is 0 Å². The second-order valence-electron chi connectivity index (χ2n) is 8.42. The fraction of sp³-hybridized carbons (Fsp3) is 0.185. The number of amides is 1. The van der Waals surface area contributed by atoms with Gasteiger partial charge in [-0.2, -0.15) is 0 Å². The molecule has 0 aliphatic carbocycles. The number of halogens is 1. The Balaban J connectivity index is 1.66. The van der Waals surface area contributed by atoms with Gasteiger partial charge in [0.15, 0.2) is 0 Å². The number of hydrogen-bond donors (Lipinski definition) is 2. The Morgan fingerprint density at radius 1 is 0.973 bits per heavy atom. The molecule has 0 aliphatic heterocycles. The first-order valence-corrected chi connectivity index (χ1v) is 12.0. The Labute approximate surface area is 218 Å². The highest BCUT2D eigenvalue weighted by Gasteiger charge is 2.18. The summed E-state index contributed by atoms with van der Waals surface area (Å²) in [5.74, 6) is 0.769. The third-order valence-corrected chi connectivity index (χ3v) is 5.95. The fourth-order valence-electron chi connectivity index (χ4n) is 3.71. The van der Waals surface area contributed by atoms with Gasteiger partial charge in [0.25, 0.3) is 5.56 Å². The zero-order chi connectivity index (χ0) is 26.4. The van der Waals surface area contributed by atoms with Crippen molar-refractivity contribution in [2.45, 2.75) is 20.0 Å². The van der Waals surface area contributed by atoms with Gasteiger partial charge in [0.1, 0.15) is 17.3 Å². The molecule has 9 nitrogen and oxygen atoms in total. The Hall–Kier alpha value is -4.37. The first kappa shape index (κ1) is 25.7. The van der Waals surface area contributed by atoms with Gasteiger partial charge in [-0.3, -0.25) is 23.7 Å². The van der Waals surface area contributed by atoms with E-state index in [0.29, 0.717) is 28.0 Å². The highest BCUT2D eigenvalue weighted by atomic mass is 35.5. The summed E-state index contributed by atoms with van der Waals surface area (Å²) in [6.45, 7) is 1.81. The molecular formula is C27H26ClN5O4. The normalized spacial score (nSPS) is 11.5. The second-order valence-corrected chi connectivity index (χ2v) is 8.86. The number of aromatic nitrogens is 3. The molecule has 1 atom stereocenters. The van der Waals surface area contributed by atoms with Crippen LogP contribution in [0.3, 0.4) is 0 Å². The van der Waals surface area contributed by atoms with Gasteiger partial charge < -0.3 is 15.4 Å². The van der Waals surface area contributed by atoms with Crippen LogP contribution in [0.5, 0.6) is 11.5 Å². The van der Waals surface area contributed by atoms with Crippen molar-refractivity contribution in [1.82, 2.24) is 19.4 Å². The van der Waals surface area contributed by atoms with Gasteiger partial charge in [0.2, 0.25) is 5.91 Å². The molecule has 0 radical (unpaired) electrons. The molecule has 2 heterocycles. The van der Waals surface area contributed by atoms with E-state index in [0.717, 1.165) is 10.1 Å². The number of nitrogens with zero attached hydrogens (tertiary/aromatic N) is 3. The standard InChI is InChI=1S/C27H26ClN5O4/c1-18(26(35)29-2)16-33-25(34)15-24(32(27(33)36)17-19-3-5-20(28)6-4-19)31-21-7-9-22(10-8-21)37-23-11-13-30-14-12-23/h3-15,18,31H,16-17H2,1-2H3,(H,29,35)/t18-/m0/s1. The van der Waals surface area contributed by atoms with Crippen molar-refractivity contribution in [2.75, 3.05) is 12.4 Å². The van der Waals surface area contributed by atoms with Gasteiger partial charge in [-0.1, -0.05) is 30.7 Å². The number of carbonyl (C=O) groups is 1. The van der Waals surface area contributed by atoms with E-state index in [-0.39, 0.29) is 19.0 Å². The summed E-state index contributed by atoms with van der Waals surface area (Å²) in [6, 6.07) is 19.1. The van der Waals surface area contributed by atoms with Crippen LogP contribution in [0.25, 0.3) is 0 Å². The molecule has 190 valence electrons. The minimum Gasteiger partial charge on any atom is -0.457 e. The molecule has 1 amide bonds. The molecule has 0 bridgehead atoms. The largest absolute Gasteiger partial charge is 0.457 e. The number of pyridine rings is 1. The predicted octanol–water partition coefficient (Wildman–Crippen LogP) is 4.02. The smallest absolute Gasteiger partial charge is 0.332 e. The maximum absolute atomic E-state index is 13.5. The summed E-state index contributed by atoms with van der Waals surface area (Å²) < 4.78 is 8.33. The van der Waals surface area contributed by atoms with Gasteiger partial charge in [-0.15, -0.1) is 0 Å². The second kappa shape index (κ2) is 11.6. The van der Waals surface area contributed by atoms with Crippen LogP contribution in [-0.2, 0) is 17.9 Å². The molecule has 2 N–H and O–H groups in total. The summed E-state index contributed by atoms with van der Waals surface area (Å²) in [4.78, 5) is 42.4. The molecule has 0 saturated heterocycles. The van der Waals surface area contributed by atoms with E-state index in [1.165, 1.54) is 17.7 Å². The molecule has 0 unspecified atom stereocenters. The van der Waals surface area contributed by atoms with Crippen LogP contribution in [0.2, 0.25) is 5.02 Å². The molecular weight excluding hydrogens is 494 g/mol. The predicted molar refractivity (Wildman–Crippen MR) is 143 cm³/mol. The Morgan fingerprint density at radius 3 is 2.27 bits per heavy atom. The van der Waals surface area contributed by atoms with Gasteiger partial charge in [0, 0.05) is 42.8 Å². The lowest BCUT2D eigenvalue weighted by Gasteiger charge is -2.18. The molecule has 0 spiro atoms. The first-order chi connectivity index (χ1) is 17.8. The lowest BCUT2D eigenvalue weighted by molar-refractivity contribution is -0.124. The van der Waals surface area contributed by atoms with E-state index in [2.05, 4.69) is 15.6 Å². The van der Waals surface area contributed by atoms with E-state index >= 15 is 0 Å². The van der Waals surface area contributed by atoms with E-state index in [1.807, 2.05) is 12.1 Å². The summed E-state index contributed by atoms with van der Waals surface area (Å²) in [7, 11) is 1.51.